The third-order valence-corrected chi connectivity index (χ3v) is 6.80. The summed E-state index contributed by atoms with van der Waals surface area (Å²) in [6, 6.07) is 8.62. The van der Waals surface area contributed by atoms with E-state index in [-0.39, 0.29) is 19.0 Å². The smallest absolute Gasteiger partial charge is 0.229 e. The zero-order valence-electron chi connectivity index (χ0n) is 20.5. The van der Waals surface area contributed by atoms with Gasteiger partial charge in [-0.3, -0.25) is 0 Å². The fraction of sp³-hybridized carbons (Fsp3) is 0.538. The predicted octanol–water partition coefficient (Wildman–Crippen LogP) is 1.40. The van der Waals surface area contributed by atoms with Gasteiger partial charge in [-0.15, -0.1) is 0 Å². The first-order valence-electron chi connectivity index (χ1n) is 12.0. The third kappa shape index (κ3) is 4.97. The van der Waals surface area contributed by atoms with E-state index in [1.165, 1.54) is 14.2 Å². The van der Waals surface area contributed by atoms with Crippen LogP contribution in [0, 0.1) is 0 Å². The average molecular weight is 507 g/mol. The van der Waals surface area contributed by atoms with Crippen molar-refractivity contribution in [2.75, 3.05) is 27.4 Å². The highest BCUT2D eigenvalue weighted by Gasteiger charge is 2.45. The molecular weight excluding hydrogens is 472 g/mol. The molecule has 0 bridgehead atoms. The molecule has 0 aromatic heterocycles. The van der Waals surface area contributed by atoms with Crippen molar-refractivity contribution in [3.63, 3.8) is 0 Å². The molecule has 10 heteroatoms. The van der Waals surface area contributed by atoms with E-state index in [4.69, 9.17) is 28.8 Å². The number of rotatable bonds is 9. The lowest BCUT2D eigenvalue weighted by Crippen LogP contribution is -2.59. The third-order valence-electron chi connectivity index (χ3n) is 6.80. The lowest BCUT2D eigenvalue weighted by Gasteiger charge is -2.40. The molecule has 10 nitrogen and oxygen atoms in total. The van der Waals surface area contributed by atoms with Crippen molar-refractivity contribution in [3.05, 3.63) is 47.0 Å². The number of benzene rings is 2. The average Bonchev–Trinajstić information content (AvgIpc) is 3.25. The molecule has 7 atom stereocenters. The highest BCUT2D eigenvalue weighted by molar-refractivity contribution is 5.55. The summed E-state index contributed by atoms with van der Waals surface area (Å²) >= 11 is 0. The first kappa shape index (κ1) is 26.5. The van der Waals surface area contributed by atoms with Crippen molar-refractivity contribution in [1.82, 2.24) is 0 Å². The Labute approximate surface area is 209 Å². The SMILES string of the molecule is COc1cc([C@@H]2Oc3c(O)cc(CCCO)cc3[C@@H]2CO)ccc1O[C@@H]1O[C@@H](C)[C@H](O)[C@@H](OC)[C@H]1O. The van der Waals surface area contributed by atoms with Crippen molar-refractivity contribution < 1.29 is 49.2 Å². The molecule has 4 rings (SSSR count). The Balaban J connectivity index is 1.58. The van der Waals surface area contributed by atoms with Crippen LogP contribution >= 0.6 is 0 Å². The van der Waals surface area contributed by atoms with Crippen LogP contribution in [0.3, 0.4) is 0 Å². The Morgan fingerprint density at radius 3 is 2.44 bits per heavy atom. The molecule has 2 aromatic rings. The van der Waals surface area contributed by atoms with Gasteiger partial charge in [-0.1, -0.05) is 12.1 Å². The summed E-state index contributed by atoms with van der Waals surface area (Å²) in [7, 11) is 2.87. The second kappa shape index (κ2) is 11.2. The lowest BCUT2D eigenvalue weighted by molar-refractivity contribution is -0.273. The van der Waals surface area contributed by atoms with Crippen LogP contribution in [0.5, 0.6) is 23.0 Å². The molecule has 1 fully saturated rings. The van der Waals surface area contributed by atoms with Crippen LogP contribution in [0.2, 0.25) is 0 Å². The molecule has 0 radical (unpaired) electrons. The first-order chi connectivity index (χ1) is 17.3. The number of phenolic OH excluding ortho intramolecular Hbond substituents is 1. The molecule has 198 valence electrons. The Morgan fingerprint density at radius 1 is 1.00 bits per heavy atom. The van der Waals surface area contributed by atoms with E-state index in [0.717, 1.165) is 5.56 Å². The van der Waals surface area contributed by atoms with E-state index in [1.807, 2.05) is 6.07 Å². The van der Waals surface area contributed by atoms with E-state index < -0.39 is 42.7 Å². The second-order valence-electron chi connectivity index (χ2n) is 9.11. The highest BCUT2D eigenvalue weighted by Crippen LogP contribution is 2.51. The number of fused-ring (bicyclic) bond motifs is 1. The lowest BCUT2D eigenvalue weighted by atomic mass is 9.90. The van der Waals surface area contributed by atoms with Gasteiger partial charge in [-0.05, 0) is 49.1 Å². The van der Waals surface area contributed by atoms with Crippen LogP contribution in [0.15, 0.2) is 30.3 Å². The van der Waals surface area contributed by atoms with Crippen LogP contribution in [-0.4, -0.2) is 83.7 Å². The van der Waals surface area contributed by atoms with E-state index in [0.29, 0.717) is 41.2 Å². The molecule has 36 heavy (non-hydrogen) atoms. The summed E-state index contributed by atoms with van der Waals surface area (Å²) in [5.74, 6) is 0.530. The molecule has 2 aromatic carbocycles. The van der Waals surface area contributed by atoms with Gasteiger partial charge in [0.05, 0.1) is 25.7 Å². The zero-order chi connectivity index (χ0) is 26.0. The van der Waals surface area contributed by atoms with Crippen LogP contribution in [0.4, 0.5) is 0 Å². The maximum atomic E-state index is 10.6. The molecule has 1 saturated heterocycles. The molecular formula is C26H34O10. The van der Waals surface area contributed by atoms with Crippen molar-refractivity contribution >= 4 is 0 Å². The largest absolute Gasteiger partial charge is 0.504 e. The number of phenols is 1. The Kier molecular flexibility index (Phi) is 8.23. The topological polar surface area (TPSA) is 147 Å². The van der Waals surface area contributed by atoms with E-state index >= 15 is 0 Å². The van der Waals surface area contributed by atoms with Crippen LogP contribution in [-0.2, 0) is 15.9 Å². The molecule has 0 unspecified atom stereocenters. The summed E-state index contributed by atoms with van der Waals surface area (Å²) < 4.78 is 28.4. The number of aryl methyl sites for hydroxylation is 1. The fourth-order valence-corrected chi connectivity index (χ4v) is 4.85. The minimum absolute atomic E-state index is 0.0132. The van der Waals surface area contributed by atoms with E-state index in [1.54, 1.807) is 31.2 Å². The molecule has 0 spiro atoms. The summed E-state index contributed by atoms with van der Waals surface area (Å²) in [5, 5.41) is 50.6. The fourth-order valence-electron chi connectivity index (χ4n) is 4.85. The summed E-state index contributed by atoms with van der Waals surface area (Å²) in [6.07, 6.45) is -4.28. The number of hydrogen-bond acceptors (Lipinski definition) is 10. The maximum Gasteiger partial charge on any atom is 0.229 e. The van der Waals surface area contributed by atoms with Crippen LogP contribution in [0.25, 0.3) is 0 Å². The Hall–Kier alpha value is -2.60. The summed E-state index contributed by atoms with van der Waals surface area (Å²) in [4.78, 5) is 0. The molecule has 2 heterocycles. The molecule has 2 aliphatic rings. The van der Waals surface area contributed by atoms with Gasteiger partial charge < -0.3 is 49.2 Å². The van der Waals surface area contributed by atoms with Gasteiger partial charge in [0.1, 0.15) is 24.4 Å². The quantitative estimate of drug-likeness (QED) is 0.338. The number of aromatic hydroxyl groups is 1. The van der Waals surface area contributed by atoms with Gasteiger partial charge in [0.15, 0.2) is 23.0 Å². The van der Waals surface area contributed by atoms with Gasteiger partial charge >= 0.3 is 0 Å². The summed E-state index contributed by atoms with van der Waals surface area (Å²) in [5.41, 5.74) is 2.24. The molecule has 5 N–H and O–H groups in total. The van der Waals surface area contributed by atoms with E-state index in [9.17, 15) is 20.4 Å². The number of hydrogen-bond donors (Lipinski definition) is 5. The molecule has 0 amide bonds. The zero-order valence-corrected chi connectivity index (χ0v) is 20.5. The van der Waals surface area contributed by atoms with Crippen molar-refractivity contribution in [2.24, 2.45) is 0 Å². The van der Waals surface area contributed by atoms with Gasteiger partial charge in [0.25, 0.3) is 0 Å². The minimum atomic E-state index is -1.24. The standard InChI is InChI=1S/C26H34O10/c1-13-21(30)25(33-3)22(31)26(34-13)35-19-7-6-15(11-20(19)32-2)23-17(12-28)16-9-14(5-4-8-27)10-18(29)24(16)36-23/h6-7,9-11,13,17,21-23,25-31H,4-5,8,12H2,1-3H3/t13-,17-,21-,22+,23-,25+,26-/m0/s1. The van der Waals surface area contributed by atoms with Crippen molar-refractivity contribution in [3.8, 4) is 23.0 Å². The molecule has 0 aliphatic carbocycles. The number of aliphatic hydroxyl groups is 4. The van der Waals surface area contributed by atoms with Gasteiger partial charge in [-0.2, -0.15) is 0 Å². The Bertz CT molecular complexity index is 1040. The Morgan fingerprint density at radius 2 is 1.78 bits per heavy atom. The first-order valence-corrected chi connectivity index (χ1v) is 12.0. The van der Waals surface area contributed by atoms with Crippen molar-refractivity contribution in [1.29, 1.82) is 0 Å². The molecule has 2 aliphatic heterocycles. The van der Waals surface area contributed by atoms with Gasteiger partial charge in [0, 0.05) is 19.3 Å². The predicted molar refractivity (Wildman–Crippen MR) is 127 cm³/mol. The van der Waals surface area contributed by atoms with Gasteiger partial charge in [-0.25, -0.2) is 0 Å². The van der Waals surface area contributed by atoms with Crippen molar-refractivity contribution in [2.45, 2.75) is 62.5 Å². The molecule has 0 saturated carbocycles. The number of methoxy groups -OCH3 is 2. The normalized spacial score (nSPS) is 29.5. The highest BCUT2D eigenvalue weighted by atomic mass is 16.7. The summed E-state index contributed by atoms with van der Waals surface area (Å²) in [6.45, 7) is 1.50. The minimum Gasteiger partial charge on any atom is -0.504 e. The van der Waals surface area contributed by atoms with Crippen LogP contribution in [0.1, 0.15) is 42.1 Å². The number of aliphatic hydroxyl groups excluding tert-OH is 4. The van der Waals surface area contributed by atoms with Gasteiger partial charge in [0.2, 0.25) is 6.29 Å². The van der Waals surface area contributed by atoms with E-state index in [2.05, 4.69) is 0 Å². The maximum absolute atomic E-state index is 10.6. The number of ether oxygens (including phenoxy) is 5. The monoisotopic (exact) mass is 506 g/mol. The van der Waals surface area contributed by atoms with Crippen LogP contribution < -0.4 is 14.2 Å². The second-order valence-corrected chi connectivity index (χ2v) is 9.11.